The number of nitrogens with two attached hydrogens (primary N) is 1. The lowest BCUT2D eigenvalue weighted by molar-refractivity contribution is 0.256. The molecule has 250 valence electrons. The van der Waals surface area contributed by atoms with Gasteiger partial charge in [0.05, 0.1) is 10.6 Å². The number of H-pyrrole nitrogens is 1. The van der Waals surface area contributed by atoms with Gasteiger partial charge in [0.25, 0.3) is 0 Å². The molecule has 13 nitrogen and oxygen atoms in total. The average Bonchev–Trinajstić information content (AvgIpc) is 3.52. The van der Waals surface area contributed by atoms with Gasteiger partial charge < -0.3 is 26.7 Å². The van der Waals surface area contributed by atoms with E-state index in [1.165, 1.54) is 4.57 Å². The highest BCUT2D eigenvalue weighted by molar-refractivity contribution is 7.89. The molecule has 0 saturated carbocycles. The SMILES string of the molecule is N=C(N)NCCCNCc1ccc(-n2cc3cc(-c4ccc(S(=O)(=O)N(Cc5ccncc5)C5CCNCC5)cc4)[nH]c3nc2=O)cc1. The maximum Gasteiger partial charge on any atom is 0.354 e. The standard InChI is InChI=1S/C34H40N10O3S/c35-33(36)40-15-1-14-39-21-24-2-6-28(7-3-24)43-23-27-20-31(41-32(27)42-34(43)45)26-4-8-30(9-5-26)48(46,47)44(29-12-18-38-19-13-29)22-25-10-16-37-17-11-25/h2-11,16-17,20,23,29,38-39H,1,12-15,18-19,21-22H2,(H4,35,36,40)(H,41,42,45). The van der Waals surface area contributed by atoms with E-state index in [4.69, 9.17) is 11.1 Å². The summed E-state index contributed by atoms with van der Waals surface area (Å²) in [6.45, 7) is 3.92. The molecule has 0 atom stereocenters. The second-order valence-electron chi connectivity index (χ2n) is 11.8. The van der Waals surface area contributed by atoms with Gasteiger partial charge in [-0.3, -0.25) is 15.0 Å². The first-order valence-corrected chi connectivity index (χ1v) is 17.4. The lowest BCUT2D eigenvalue weighted by Crippen LogP contribution is -2.45. The number of nitrogens with one attached hydrogen (secondary N) is 5. The zero-order valence-corrected chi connectivity index (χ0v) is 27.3. The molecule has 48 heavy (non-hydrogen) atoms. The Kier molecular flexibility index (Phi) is 10.3. The number of nitrogens with zero attached hydrogens (tertiary/aromatic N) is 4. The van der Waals surface area contributed by atoms with E-state index >= 15 is 0 Å². The Morgan fingerprint density at radius 3 is 2.44 bits per heavy atom. The fraction of sp³-hybridized carbons (Fsp3) is 0.294. The van der Waals surface area contributed by atoms with E-state index < -0.39 is 15.7 Å². The zero-order valence-electron chi connectivity index (χ0n) is 26.5. The first-order chi connectivity index (χ1) is 23.3. The van der Waals surface area contributed by atoms with Crippen molar-refractivity contribution in [2.24, 2.45) is 5.73 Å². The van der Waals surface area contributed by atoms with Gasteiger partial charge in [0.15, 0.2) is 5.96 Å². The summed E-state index contributed by atoms with van der Waals surface area (Å²) in [5.74, 6) is -0.0284. The number of aromatic nitrogens is 4. The number of aromatic amines is 1. The molecule has 1 aliphatic rings. The molecule has 0 radical (unpaired) electrons. The molecule has 5 aromatic rings. The van der Waals surface area contributed by atoms with Crippen molar-refractivity contribution in [3.63, 3.8) is 0 Å². The predicted molar refractivity (Wildman–Crippen MR) is 186 cm³/mol. The van der Waals surface area contributed by atoms with Crippen LogP contribution < -0.4 is 27.4 Å². The Morgan fingerprint density at radius 1 is 1.00 bits per heavy atom. The minimum Gasteiger partial charge on any atom is -0.370 e. The third-order valence-corrected chi connectivity index (χ3v) is 10.4. The monoisotopic (exact) mass is 668 g/mol. The predicted octanol–water partition coefficient (Wildman–Crippen LogP) is 2.68. The highest BCUT2D eigenvalue weighted by Gasteiger charge is 2.32. The Hall–Kier alpha value is -4.89. The van der Waals surface area contributed by atoms with Crippen LogP contribution in [0.15, 0.2) is 95.0 Å². The molecule has 2 aromatic carbocycles. The van der Waals surface area contributed by atoms with E-state index in [-0.39, 0.29) is 23.4 Å². The molecule has 4 heterocycles. The van der Waals surface area contributed by atoms with Crippen molar-refractivity contribution in [3.8, 4) is 16.9 Å². The third-order valence-electron chi connectivity index (χ3n) is 8.47. The molecule has 14 heteroatoms. The second kappa shape index (κ2) is 14.9. The fourth-order valence-corrected chi connectivity index (χ4v) is 7.57. The van der Waals surface area contributed by atoms with Crippen LogP contribution in [0, 0.1) is 5.41 Å². The molecular weight excluding hydrogens is 629 g/mol. The lowest BCUT2D eigenvalue weighted by atomic mass is 10.1. The van der Waals surface area contributed by atoms with Crippen molar-refractivity contribution in [2.75, 3.05) is 26.2 Å². The van der Waals surface area contributed by atoms with Crippen molar-refractivity contribution < 1.29 is 8.42 Å². The van der Waals surface area contributed by atoms with E-state index in [0.717, 1.165) is 66.7 Å². The summed E-state index contributed by atoms with van der Waals surface area (Å²) in [6.07, 6.45) is 7.45. The van der Waals surface area contributed by atoms with Crippen LogP contribution in [0.1, 0.15) is 30.4 Å². The number of rotatable bonds is 13. The molecule has 0 spiro atoms. The number of piperidine rings is 1. The molecule has 3 aromatic heterocycles. The van der Waals surface area contributed by atoms with Gasteiger partial charge in [-0.15, -0.1) is 0 Å². The minimum absolute atomic E-state index is 0.0284. The lowest BCUT2D eigenvalue weighted by Gasteiger charge is -2.33. The number of hydrogen-bond acceptors (Lipinski definition) is 8. The summed E-state index contributed by atoms with van der Waals surface area (Å²) in [7, 11) is -3.78. The van der Waals surface area contributed by atoms with Gasteiger partial charge in [0, 0.05) is 55.3 Å². The van der Waals surface area contributed by atoms with Gasteiger partial charge in [-0.25, -0.2) is 13.2 Å². The summed E-state index contributed by atoms with van der Waals surface area (Å²) in [5, 5.41) is 17.4. The van der Waals surface area contributed by atoms with E-state index in [0.29, 0.717) is 24.4 Å². The summed E-state index contributed by atoms with van der Waals surface area (Å²) in [6, 6.07) is 20.1. The maximum absolute atomic E-state index is 14.0. The van der Waals surface area contributed by atoms with Gasteiger partial charge in [0.2, 0.25) is 10.0 Å². The zero-order chi connectivity index (χ0) is 33.5. The first kappa shape index (κ1) is 33.0. The van der Waals surface area contributed by atoms with E-state index in [1.54, 1.807) is 47.2 Å². The average molecular weight is 669 g/mol. The van der Waals surface area contributed by atoms with Crippen LogP contribution in [0.3, 0.4) is 0 Å². The van der Waals surface area contributed by atoms with Crippen LogP contribution in [0.25, 0.3) is 28.0 Å². The van der Waals surface area contributed by atoms with Crippen LogP contribution in [0.5, 0.6) is 0 Å². The van der Waals surface area contributed by atoms with Gasteiger partial charge in [-0.1, -0.05) is 24.3 Å². The fourth-order valence-electron chi connectivity index (χ4n) is 5.89. The Morgan fingerprint density at radius 2 is 1.73 bits per heavy atom. The molecule has 7 N–H and O–H groups in total. The molecule has 0 aliphatic carbocycles. The second-order valence-corrected chi connectivity index (χ2v) is 13.7. The Balaban J connectivity index is 1.17. The number of pyridine rings is 1. The molecule has 1 fully saturated rings. The summed E-state index contributed by atoms with van der Waals surface area (Å²) in [4.78, 5) is 24.8. The van der Waals surface area contributed by atoms with Gasteiger partial charge in [-0.2, -0.15) is 9.29 Å². The van der Waals surface area contributed by atoms with Crippen molar-refractivity contribution in [3.05, 3.63) is 107 Å². The normalized spacial score (nSPS) is 14.0. The smallest absolute Gasteiger partial charge is 0.354 e. The number of sulfonamides is 1. The number of hydrogen-bond donors (Lipinski definition) is 6. The van der Waals surface area contributed by atoms with Crippen LogP contribution in [-0.2, 0) is 23.1 Å². The minimum atomic E-state index is -3.78. The number of fused-ring (bicyclic) bond motifs is 1. The molecule has 1 aliphatic heterocycles. The summed E-state index contributed by atoms with van der Waals surface area (Å²) >= 11 is 0. The number of guanidine groups is 1. The van der Waals surface area contributed by atoms with Crippen LogP contribution in [0.4, 0.5) is 0 Å². The highest BCUT2D eigenvalue weighted by atomic mass is 32.2. The Labute approximate surface area is 279 Å². The molecule has 1 saturated heterocycles. The topological polar surface area (TPSA) is 187 Å². The molecule has 0 bridgehead atoms. The van der Waals surface area contributed by atoms with Crippen LogP contribution in [0.2, 0.25) is 0 Å². The molecule has 0 unspecified atom stereocenters. The molecular formula is C34H40N10O3S. The van der Waals surface area contributed by atoms with Crippen molar-refractivity contribution >= 4 is 27.0 Å². The molecule has 6 rings (SSSR count). The van der Waals surface area contributed by atoms with Crippen molar-refractivity contribution in [1.82, 2.24) is 39.8 Å². The van der Waals surface area contributed by atoms with Crippen LogP contribution in [-0.4, -0.2) is 70.4 Å². The quantitative estimate of drug-likeness (QED) is 0.0623. The van der Waals surface area contributed by atoms with E-state index in [1.807, 2.05) is 42.5 Å². The van der Waals surface area contributed by atoms with Gasteiger partial charge in [0.1, 0.15) is 5.65 Å². The Bertz CT molecular complexity index is 2000. The summed E-state index contributed by atoms with van der Waals surface area (Å²) < 4.78 is 31.1. The van der Waals surface area contributed by atoms with Gasteiger partial charge in [-0.05, 0) is 98.1 Å². The third kappa shape index (κ3) is 7.80. The van der Waals surface area contributed by atoms with E-state index in [2.05, 4.69) is 30.9 Å². The number of benzene rings is 2. The maximum atomic E-state index is 14.0. The first-order valence-electron chi connectivity index (χ1n) is 16.0. The highest BCUT2D eigenvalue weighted by Crippen LogP contribution is 2.28. The van der Waals surface area contributed by atoms with Crippen LogP contribution >= 0.6 is 0 Å². The largest absolute Gasteiger partial charge is 0.370 e. The summed E-state index contributed by atoms with van der Waals surface area (Å²) in [5.41, 5.74) is 9.52. The van der Waals surface area contributed by atoms with E-state index in [9.17, 15) is 13.2 Å². The molecule has 0 amide bonds. The van der Waals surface area contributed by atoms with Crippen molar-refractivity contribution in [1.29, 1.82) is 5.41 Å². The van der Waals surface area contributed by atoms with Crippen molar-refractivity contribution in [2.45, 2.75) is 43.3 Å². The van der Waals surface area contributed by atoms with Gasteiger partial charge >= 0.3 is 5.69 Å².